The van der Waals surface area contributed by atoms with Crippen LogP contribution in [0.25, 0.3) is 0 Å². The van der Waals surface area contributed by atoms with E-state index in [-0.39, 0.29) is 11.5 Å². The summed E-state index contributed by atoms with van der Waals surface area (Å²) in [5, 5.41) is 10.3. The van der Waals surface area contributed by atoms with Crippen molar-refractivity contribution in [3.8, 4) is 0 Å². The third-order valence-corrected chi connectivity index (χ3v) is 5.25. The van der Waals surface area contributed by atoms with Gasteiger partial charge in [0.2, 0.25) is 0 Å². The first kappa shape index (κ1) is 13.1. The van der Waals surface area contributed by atoms with E-state index in [1.54, 1.807) is 0 Å². The fraction of sp³-hybridized carbons (Fsp3) is 0.600. The third-order valence-electron chi connectivity index (χ3n) is 4.76. The summed E-state index contributed by atoms with van der Waals surface area (Å²) in [6.45, 7) is 6.56. The highest BCUT2D eigenvalue weighted by Crippen LogP contribution is 2.60. The van der Waals surface area contributed by atoms with E-state index in [0.717, 1.165) is 17.3 Å². The molecular weight excluding hydrogens is 276 g/mol. The number of aliphatic hydroxyl groups excluding tert-OH is 1. The number of aliphatic hydroxyl groups is 1. The van der Waals surface area contributed by atoms with E-state index in [4.69, 9.17) is 0 Å². The van der Waals surface area contributed by atoms with Gasteiger partial charge in [0.25, 0.3) is 0 Å². The van der Waals surface area contributed by atoms with Crippen LogP contribution < -0.4 is 0 Å². The van der Waals surface area contributed by atoms with Gasteiger partial charge in [-0.2, -0.15) is 0 Å². The molecule has 1 nitrogen and oxygen atoms in total. The van der Waals surface area contributed by atoms with Gasteiger partial charge in [0.1, 0.15) is 0 Å². The quantitative estimate of drug-likeness (QED) is 0.879. The van der Waals surface area contributed by atoms with E-state index in [1.165, 1.54) is 5.56 Å². The Labute approximate surface area is 112 Å². The van der Waals surface area contributed by atoms with E-state index < -0.39 is 0 Å². The van der Waals surface area contributed by atoms with Gasteiger partial charge in [0, 0.05) is 9.89 Å². The monoisotopic (exact) mass is 296 g/mol. The summed E-state index contributed by atoms with van der Waals surface area (Å²) < 4.78 is 1.13. The second-order valence-corrected chi connectivity index (χ2v) is 6.19. The lowest BCUT2D eigenvalue weighted by Crippen LogP contribution is -2.57. The Morgan fingerprint density at radius 2 is 1.94 bits per heavy atom. The molecule has 0 radical (unpaired) electrons. The largest absolute Gasteiger partial charge is 0.392 e. The molecule has 94 valence electrons. The minimum Gasteiger partial charge on any atom is -0.392 e. The molecule has 3 atom stereocenters. The molecule has 1 N–H and O–H groups in total. The Hall–Kier alpha value is -0.340. The first-order valence-corrected chi connectivity index (χ1v) is 7.29. The van der Waals surface area contributed by atoms with Gasteiger partial charge in [-0.1, -0.05) is 48.8 Å². The Bertz CT molecular complexity index is 398. The fourth-order valence-electron chi connectivity index (χ4n) is 3.74. The third kappa shape index (κ3) is 1.86. The second-order valence-electron chi connectivity index (χ2n) is 5.28. The summed E-state index contributed by atoms with van der Waals surface area (Å²) in [5.74, 6) is 0.856. The molecule has 0 spiro atoms. The molecule has 3 unspecified atom stereocenters. The Kier molecular flexibility index (Phi) is 3.65. The van der Waals surface area contributed by atoms with Crippen LogP contribution in [0.1, 0.15) is 45.1 Å². The van der Waals surface area contributed by atoms with Gasteiger partial charge in [-0.3, -0.25) is 0 Å². The molecule has 1 aliphatic carbocycles. The predicted octanol–water partition coefficient (Wildman–Crippen LogP) is 4.35. The van der Waals surface area contributed by atoms with E-state index in [0.29, 0.717) is 11.8 Å². The van der Waals surface area contributed by atoms with Crippen molar-refractivity contribution in [3.63, 3.8) is 0 Å². The molecule has 0 saturated heterocycles. The van der Waals surface area contributed by atoms with Crippen LogP contribution in [0.2, 0.25) is 0 Å². The minimum absolute atomic E-state index is 0.0835. The highest BCUT2D eigenvalue weighted by Gasteiger charge is 2.57. The lowest BCUT2D eigenvalue weighted by atomic mass is 9.48. The Morgan fingerprint density at radius 3 is 2.47 bits per heavy atom. The van der Waals surface area contributed by atoms with Gasteiger partial charge >= 0.3 is 0 Å². The van der Waals surface area contributed by atoms with Gasteiger partial charge in [-0.05, 0) is 42.4 Å². The van der Waals surface area contributed by atoms with Gasteiger partial charge in [0.15, 0.2) is 0 Å². The fourth-order valence-corrected chi connectivity index (χ4v) is 4.16. The van der Waals surface area contributed by atoms with E-state index in [1.807, 2.05) is 0 Å². The highest BCUT2D eigenvalue weighted by molar-refractivity contribution is 9.10. The minimum atomic E-state index is -0.151. The van der Waals surface area contributed by atoms with E-state index >= 15 is 0 Å². The summed E-state index contributed by atoms with van der Waals surface area (Å²) >= 11 is 3.54. The standard InChI is InChI=1S/C15H21BrO/c1-4-15(5-2)13(10(3)14(15)17)11-7-6-8-12(16)9-11/h6-10,13-14,17H,4-5H2,1-3H3. The topological polar surface area (TPSA) is 20.2 Å². The van der Waals surface area contributed by atoms with Crippen LogP contribution in [-0.2, 0) is 0 Å². The predicted molar refractivity (Wildman–Crippen MR) is 75.1 cm³/mol. The number of rotatable bonds is 3. The molecule has 0 aromatic heterocycles. The lowest BCUT2D eigenvalue weighted by molar-refractivity contribution is -0.142. The zero-order valence-corrected chi connectivity index (χ0v) is 12.4. The molecule has 1 aliphatic rings. The van der Waals surface area contributed by atoms with E-state index in [9.17, 15) is 5.11 Å². The van der Waals surface area contributed by atoms with Crippen LogP contribution in [0.4, 0.5) is 0 Å². The summed E-state index contributed by atoms with van der Waals surface area (Å²) in [6.07, 6.45) is 1.94. The molecule has 2 rings (SSSR count). The first-order valence-electron chi connectivity index (χ1n) is 6.50. The molecule has 17 heavy (non-hydrogen) atoms. The molecule has 1 aromatic carbocycles. The molecule has 2 heteroatoms. The average molecular weight is 297 g/mol. The maximum absolute atomic E-state index is 10.3. The van der Waals surface area contributed by atoms with Gasteiger partial charge < -0.3 is 5.11 Å². The van der Waals surface area contributed by atoms with Crippen molar-refractivity contribution in [3.05, 3.63) is 34.3 Å². The molecule has 0 aliphatic heterocycles. The summed E-state index contributed by atoms with van der Waals surface area (Å²) in [6, 6.07) is 8.54. The highest BCUT2D eigenvalue weighted by atomic mass is 79.9. The van der Waals surface area contributed by atoms with Crippen LogP contribution in [0.5, 0.6) is 0 Å². The smallest absolute Gasteiger partial charge is 0.0633 e. The van der Waals surface area contributed by atoms with Crippen molar-refractivity contribution in [2.45, 2.75) is 45.6 Å². The molecule has 0 heterocycles. The lowest BCUT2D eigenvalue weighted by Gasteiger charge is -2.58. The van der Waals surface area contributed by atoms with Crippen LogP contribution in [-0.4, -0.2) is 11.2 Å². The number of halogens is 1. The molecule has 1 aromatic rings. The molecule has 1 fully saturated rings. The van der Waals surface area contributed by atoms with Gasteiger partial charge in [0.05, 0.1) is 6.10 Å². The summed E-state index contributed by atoms with van der Waals surface area (Å²) in [5.41, 5.74) is 1.45. The molecule has 0 bridgehead atoms. The van der Waals surface area contributed by atoms with Crippen molar-refractivity contribution in [1.82, 2.24) is 0 Å². The zero-order valence-electron chi connectivity index (χ0n) is 10.8. The van der Waals surface area contributed by atoms with Gasteiger partial charge in [-0.25, -0.2) is 0 Å². The van der Waals surface area contributed by atoms with E-state index in [2.05, 4.69) is 61.0 Å². The van der Waals surface area contributed by atoms with Crippen LogP contribution >= 0.6 is 15.9 Å². The SMILES string of the molecule is CCC1(CC)C(O)C(C)C1c1cccc(Br)c1. The number of benzene rings is 1. The van der Waals surface area contributed by atoms with Crippen LogP contribution in [0.3, 0.4) is 0 Å². The van der Waals surface area contributed by atoms with Gasteiger partial charge in [-0.15, -0.1) is 0 Å². The van der Waals surface area contributed by atoms with Crippen molar-refractivity contribution < 1.29 is 5.11 Å². The Balaban J connectivity index is 2.37. The molecular formula is C15H21BrO. The maximum atomic E-state index is 10.3. The Morgan fingerprint density at radius 1 is 1.29 bits per heavy atom. The molecule has 0 amide bonds. The first-order chi connectivity index (χ1) is 8.06. The summed E-state index contributed by atoms with van der Waals surface area (Å²) in [4.78, 5) is 0. The summed E-state index contributed by atoms with van der Waals surface area (Å²) in [7, 11) is 0. The average Bonchev–Trinajstić information content (AvgIpc) is 2.34. The normalized spacial score (nSPS) is 31.0. The number of hydrogen-bond acceptors (Lipinski definition) is 1. The molecule has 1 saturated carbocycles. The second kappa shape index (κ2) is 4.74. The van der Waals surface area contributed by atoms with Crippen LogP contribution in [0, 0.1) is 11.3 Å². The zero-order chi connectivity index (χ0) is 12.6. The number of hydrogen-bond donors (Lipinski definition) is 1. The van der Waals surface area contributed by atoms with Crippen molar-refractivity contribution >= 4 is 15.9 Å². The van der Waals surface area contributed by atoms with Crippen LogP contribution in [0.15, 0.2) is 28.7 Å². The van der Waals surface area contributed by atoms with Crippen molar-refractivity contribution in [2.75, 3.05) is 0 Å². The maximum Gasteiger partial charge on any atom is 0.0633 e. The van der Waals surface area contributed by atoms with Crippen molar-refractivity contribution in [1.29, 1.82) is 0 Å². The van der Waals surface area contributed by atoms with Crippen molar-refractivity contribution in [2.24, 2.45) is 11.3 Å².